The van der Waals surface area contributed by atoms with Gasteiger partial charge in [0.05, 0.1) is 5.75 Å². The normalized spacial score (nSPS) is 11.6. The van der Waals surface area contributed by atoms with Crippen LogP contribution in [0.3, 0.4) is 0 Å². The summed E-state index contributed by atoms with van der Waals surface area (Å²) in [5.41, 5.74) is 5.86. The van der Waals surface area contributed by atoms with Crippen LogP contribution in [0.2, 0.25) is 10.0 Å². The lowest BCUT2D eigenvalue weighted by Crippen LogP contribution is -2.08. The first kappa shape index (κ1) is 15.1. The Morgan fingerprint density at radius 2 is 1.80 bits per heavy atom. The molecule has 0 aliphatic heterocycles. The van der Waals surface area contributed by atoms with Crippen molar-refractivity contribution in [3.05, 3.63) is 57.8 Å². The van der Waals surface area contributed by atoms with Gasteiger partial charge in [-0.3, -0.25) is 0 Å². The van der Waals surface area contributed by atoms with Crippen molar-refractivity contribution >= 4 is 38.7 Å². The van der Waals surface area contributed by atoms with Crippen LogP contribution in [0.4, 0.5) is 10.1 Å². The quantitative estimate of drug-likeness (QED) is 0.871. The average Bonchev–Trinajstić information content (AvgIpc) is 2.33. The Morgan fingerprint density at radius 3 is 2.45 bits per heavy atom. The number of anilines is 1. The van der Waals surface area contributed by atoms with E-state index in [9.17, 15) is 12.8 Å². The molecule has 0 aliphatic rings. The SMILES string of the molecule is Nc1ccc(S(=O)(=O)Cc2cc(Cl)ccc2Cl)c(F)c1. The number of nitrogen functional groups attached to an aromatic ring is 1. The van der Waals surface area contributed by atoms with Crippen LogP contribution in [-0.4, -0.2) is 8.42 Å². The molecule has 0 saturated heterocycles. The summed E-state index contributed by atoms with van der Waals surface area (Å²) in [6, 6.07) is 7.91. The van der Waals surface area contributed by atoms with Gasteiger partial charge in [-0.15, -0.1) is 0 Å². The zero-order chi connectivity index (χ0) is 14.9. The highest BCUT2D eigenvalue weighted by Gasteiger charge is 2.21. The van der Waals surface area contributed by atoms with E-state index in [0.29, 0.717) is 10.6 Å². The molecule has 2 aromatic rings. The first-order chi connectivity index (χ1) is 9.29. The minimum absolute atomic E-state index is 0.155. The van der Waals surface area contributed by atoms with Crippen molar-refractivity contribution in [3.8, 4) is 0 Å². The van der Waals surface area contributed by atoms with Gasteiger partial charge in [0.25, 0.3) is 0 Å². The fraction of sp³-hybridized carbons (Fsp3) is 0.0769. The summed E-state index contributed by atoms with van der Waals surface area (Å²) in [7, 11) is -3.87. The van der Waals surface area contributed by atoms with Crippen LogP contribution in [0, 0.1) is 5.82 Å². The van der Waals surface area contributed by atoms with E-state index in [1.165, 1.54) is 18.2 Å². The van der Waals surface area contributed by atoms with E-state index in [1.807, 2.05) is 0 Å². The fourth-order valence-electron chi connectivity index (χ4n) is 1.71. The van der Waals surface area contributed by atoms with Gasteiger partial charge in [-0.2, -0.15) is 0 Å². The van der Waals surface area contributed by atoms with Crippen molar-refractivity contribution < 1.29 is 12.8 Å². The van der Waals surface area contributed by atoms with Gasteiger partial charge < -0.3 is 5.73 Å². The molecule has 20 heavy (non-hydrogen) atoms. The van der Waals surface area contributed by atoms with Crippen LogP contribution in [0.5, 0.6) is 0 Å². The van der Waals surface area contributed by atoms with Gasteiger partial charge in [-0.05, 0) is 42.0 Å². The number of benzene rings is 2. The van der Waals surface area contributed by atoms with Gasteiger partial charge in [0.1, 0.15) is 10.7 Å². The topological polar surface area (TPSA) is 60.2 Å². The number of nitrogens with two attached hydrogens (primary N) is 1. The second kappa shape index (κ2) is 5.60. The first-order valence-corrected chi connectivity index (χ1v) is 7.92. The number of rotatable bonds is 3. The summed E-state index contributed by atoms with van der Waals surface area (Å²) in [6.45, 7) is 0. The Morgan fingerprint density at radius 1 is 1.10 bits per heavy atom. The van der Waals surface area contributed by atoms with Crippen molar-refractivity contribution in [2.75, 3.05) is 5.73 Å². The van der Waals surface area contributed by atoms with Gasteiger partial charge in [0.15, 0.2) is 9.84 Å². The molecule has 0 saturated carbocycles. The smallest absolute Gasteiger partial charge is 0.185 e. The number of hydrogen-bond acceptors (Lipinski definition) is 3. The van der Waals surface area contributed by atoms with E-state index in [-0.39, 0.29) is 10.7 Å². The minimum atomic E-state index is -3.87. The van der Waals surface area contributed by atoms with E-state index in [0.717, 1.165) is 12.1 Å². The van der Waals surface area contributed by atoms with Crippen LogP contribution >= 0.6 is 23.2 Å². The van der Waals surface area contributed by atoms with Gasteiger partial charge >= 0.3 is 0 Å². The maximum atomic E-state index is 13.7. The molecule has 0 aliphatic carbocycles. The van der Waals surface area contributed by atoms with E-state index < -0.39 is 26.3 Å². The summed E-state index contributed by atoms with van der Waals surface area (Å²) in [5, 5.41) is 0.617. The third-order valence-electron chi connectivity index (χ3n) is 2.64. The minimum Gasteiger partial charge on any atom is -0.399 e. The molecule has 0 radical (unpaired) electrons. The number of sulfone groups is 1. The Hall–Kier alpha value is -1.30. The molecule has 0 fully saturated rings. The van der Waals surface area contributed by atoms with Crippen molar-refractivity contribution in [1.29, 1.82) is 0 Å². The summed E-state index contributed by atoms with van der Waals surface area (Å²) < 4.78 is 38.1. The predicted octanol–water partition coefficient (Wildman–Crippen LogP) is 3.69. The molecule has 7 heteroatoms. The largest absolute Gasteiger partial charge is 0.399 e. The molecular formula is C13H10Cl2FNO2S. The predicted molar refractivity (Wildman–Crippen MR) is 78.2 cm³/mol. The maximum absolute atomic E-state index is 13.7. The van der Waals surface area contributed by atoms with E-state index in [2.05, 4.69) is 0 Å². The summed E-state index contributed by atoms with van der Waals surface area (Å²) in [5.74, 6) is -1.32. The Labute approximate surface area is 126 Å². The number of halogens is 3. The van der Waals surface area contributed by atoms with Crippen molar-refractivity contribution in [1.82, 2.24) is 0 Å². The van der Waals surface area contributed by atoms with E-state index in [4.69, 9.17) is 28.9 Å². The number of hydrogen-bond donors (Lipinski definition) is 1. The van der Waals surface area contributed by atoms with Gasteiger partial charge in [-0.25, -0.2) is 12.8 Å². The van der Waals surface area contributed by atoms with Crippen LogP contribution in [-0.2, 0) is 15.6 Å². The molecule has 0 spiro atoms. The molecule has 0 bridgehead atoms. The van der Waals surface area contributed by atoms with Crippen LogP contribution in [0.15, 0.2) is 41.3 Å². The van der Waals surface area contributed by atoms with Gasteiger partial charge in [-0.1, -0.05) is 23.2 Å². The molecule has 0 heterocycles. The van der Waals surface area contributed by atoms with Crippen molar-refractivity contribution in [2.45, 2.75) is 10.6 Å². The van der Waals surface area contributed by atoms with Crippen LogP contribution in [0.25, 0.3) is 0 Å². The van der Waals surface area contributed by atoms with E-state index >= 15 is 0 Å². The summed E-state index contributed by atoms with van der Waals surface area (Å²) in [4.78, 5) is -0.414. The van der Waals surface area contributed by atoms with Gasteiger partial charge in [0, 0.05) is 15.7 Å². The summed E-state index contributed by atoms with van der Waals surface area (Å²) >= 11 is 11.7. The Kier molecular flexibility index (Phi) is 4.22. The van der Waals surface area contributed by atoms with Crippen LogP contribution < -0.4 is 5.73 Å². The maximum Gasteiger partial charge on any atom is 0.185 e. The molecule has 0 amide bonds. The zero-order valence-corrected chi connectivity index (χ0v) is 12.4. The summed E-state index contributed by atoms with van der Waals surface area (Å²) in [6.07, 6.45) is 0. The highest BCUT2D eigenvalue weighted by Crippen LogP contribution is 2.26. The van der Waals surface area contributed by atoms with Crippen LogP contribution in [0.1, 0.15) is 5.56 Å². The van der Waals surface area contributed by atoms with Crippen molar-refractivity contribution in [2.24, 2.45) is 0 Å². The highest BCUT2D eigenvalue weighted by molar-refractivity contribution is 7.90. The second-order valence-electron chi connectivity index (χ2n) is 4.18. The lowest BCUT2D eigenvalue weighted by Gasteiger charge is -2.08. The second-order valence-corrected chi connectivity index (χ2v) is 6.99. The lowest BCUT2D eigenvalue weighted by atomic mass is 10.2. The zero-order valence-electron chi connectivity index (χ0n) is 10.1. The van der Waals surface area contributed by atoms with E-state index in [1.54, 1.807) is 6.07 Å². The Balaban J connectivity index is 2.43. The van der Waals surface area contributed by atoms with Crippen molar-refractivity contribution in [3.63, 3.8) is 0 Å². The highest BCUT2D eigenvalue weighted by atomic mass is 35.5. The molecule has 2 aromatic carbocycles. The third kappa shape index (κ3) is 3.23. The third-order valence-corrected chi connectivity index (χ3v) is 4.94. The molecule has 2 rings (SSSR count). The molecular weight excluding hydrogens is 324 g/mol. The molecule has 3 nitrogen and oxygen atoms in total. The Bertz CT molecular complexity index is 763. The molecule has 0 aromatic heterocycles. The fourth-order valence-corrected chi connectivity index (χ4v) is 3.60. The molecule has 0 unspecified atom stereocenters. The molecule has 0 atom stereocenters. The monoisotopic (exact) mass is 333 g/mol. The van der Waals surface area contributed by atoms with Gasteiger partial charge in [0.2, 0.25) is 0 Å². The lowest BCUT2D eigenvalue weighted by molar-refractivity contribution is 0.567. The standard InChI is InChI=1S/C13H10Cl2FNO2S/c14-9-1-3-11(15)8(5-9)7-20(18,19)13-4-2-10(17)6-12(13)16/h1-6H,7,17H2. The molecule has 106 valence electrons. The molecule has 2 N–H and O–H groups in total. The first-order valence-electron chi connectivity index (χ1n) is 5.51. The average molecular weight is 334 g/mol.